The number of hydrogen-bond acceptors (Lipinski definition) is 4. The summed E-state index contributed by atoms with van der Waals surface area (Å²) in [4.78, 5) is 25.6. The van der Waals surface area contributed by atoms with Crippen molar-refractivity contribution < 1.29 is 13.9 Å². The lowest BCUT2D eigenvalue weighted by molar-refractivity contribution is 0.0937. The zero-order valence-electron chi connectivity index (χ0n) is 14.9. The molecule has 0 spiro atoms. The Morgan fingerprint density at radius 1 is 1.15 bits per heavy atom. The van der Waals surface area contributed by atoms with Gasteiger partial charge in [-0.1, -0.05) is 18.2 Å². The van der Waals surface area contributed by atoms with E-state index in [1.165, 1.54) is 0 Å². The fraction of sp³-hybridized carbons (Fsp3) is 0.238. The van der Waals surface area contributed by atoms with E-state index >= 15 is 0 Å². The van der Waals surface area contributed by atoms with Gasteiger partial charge in [0.15, 0.2) is 5.43 Å². The van der Waals surface area contributed by atoms with Gasteiger partial charge >= 0.3 is 0 Å². The summed E-state index contributed by atoms with van der Waals surface area (Å²) in [5.41, 5.74) is 3.34. The van der Waals surface area contributed by atoms with Gasteiger partial charge in [0.05, 0.1) is 23.6 Å². The molecule has 1 aromatic heterocycles. The number of aryl methyl sites for hydroxylation is 2. The second kappa shape index (κ2) is 6.02. The quantitative estimate of drug-likeness (QED) is 0.784. The maximum absolute atomic E-state index is 13.1. The van der Waals surface area contributed by atoms with E-state index in [1.807, 2.05) is 51.1 Å². The Labute approximate surface area is 150 Å². The van der Waals surface area contributed by atoms with E-state index in [2.05, 4.69) is 5.32 Å². The zero-order chi connectivity index (χ0) is 18.4. The van der Waals surface area contributed by atoms with E-state index in [1.54, 1.807) is 6.07 Å². The maximum Gasteiger partial charge on any atom is 0.288 e. The van der Waals surface area contributed by atoms with Crippen molar-refractivity contribution in [1.29, 1.82) is 0 Å². The molecule has 5 heteroatoms. The molecule has 2 aromatic carbocycles. The smallest absolute Gasteiger partial charge is 0.288 e. The highest BCUT2D eigenvalue weighted by Crippen LogP contribution is 2.33. The molecule has 0 aliphatic carbocycles. The van der Waals surface area contributed by atoms with Crippen molar-refractivity contribution in [3.63, 3.8) is 0 Å². The van der Waals surface area contributed by atoms with Gasteiger partial charge in [0.25, 0.3) is 5.91 Å². The first-order valence-corrected chi connectivity index (χ1v) is 8.61. The molecule has 0 saturated heterocycles. The molecular weight excluding hydrogens is 330 g/mol. The Hall–Kier alpha value is -3.08. The van der Waals surface area contributed by atoms with Crippen LogP contribution in [0.1, 0.15) is 45.8 Å². The maximum atomic E-state index is 13.1. The molecule has 1 amide bonds. The Morgan fingerprint density at radius 3 is 2.73 bits per heavy atom. The van der Waals surface area contributed by atoms with Crippen molar-refractivity contribution in [2.75, 3.05) is 6.61 Å². The monoisotopic (exact) mass is 349 g/mol. The molecule has 3 aromatic rings. The number of fused-ring (bicyclic) bond motifs is 2. The Kier molecular flexibility index (Phi) is 3.80. The molecule has 26 heavy (non-hydrogen) atoms. The van der Waals surface area contributed by atoms with E-state index in [9.17, 15) is 9.59 Å². The summed E-state index contributed by atoms with van der Waals surface area (Å²) in [5.74, 6) is 0.430. The molecule has 5 nitrogen and oxygen atoms in total. The van der Waals surface area contributed by atoms with E-state index in [0.29, 0.717) is 28.9 Å². The van der Waals surface area contributed by atoms with Crippen LogP contribution in [0.5, 0.6) is 5.75 Å². The predicted molar refractivity (Wildman–Crippen MR) is 98.9 cm³/mol. The minimum absolute atomic E-state index is 0.100. The largest absolute Gasteiger partial charge is 0.494 e. The number of rotatable bonds is 3. The van der Waals surface area contributed by atoms with Crippen molar-refractivity contribution in [2.24, 2.45) is 0 Å². The first-order valence-electron chi connectivity index (χ1n) is 8.61. The van der Waals surface area contributed by atoms with Gasteiger partial charge < -0.3 is 14.5 Å². The first-order chi connectivity index (χ1) is 12.5. The second-order valence-corrected chi connectivity index (χ2v) is 6.47. The number of carbonyl (C=O) groups is 1. The highest BCUT2D eigenvalue weighted by atomic mass is 16.5. The third-order valence-electron chi connectivity index (χ3n) is 4.89. The van der Waals surface area contributed by atoms with Crippen molar-refractivity contribution >= 4 is 16.9 Å². The lowest BCUT2D eigenvalue weighted by Gasteiger charge is -2.13. The SMILES string of the molecule is CCOc1cccc(C2NC(=O)c3oc4c(C)c(C)ccc4c(=O)c32)c1. The lowest BCUT2D eigenvalue weighted by atomic mass is 9.98. The van der Waals surface area contributed by atoms with E-state index in [-0.39, 0.29) is 17.1 Å². The van der Waals surface area contributed by atoms with Gasteiger partial charge in [-0.2, -0.15) is 0 Å². The molecule has 1 atom stereocenters. The highest BCUT2D eigenvalue weighted by molar-refractivity contribution is 5.99. The first kappa shape index (κ1) is 16.4. The summed E-state index contributed by atoms with van der Waals surface area (Å²) in [7, 11) is 0. The van der Waals surface area contributed by atoms with Crippen molar-refractivity contribution in [2.45, 2.75) is 26.8 Å². The summed E-state index contributed by atoms with van der Waals surface area (Å²) in [6.45, 7) is 6.29. The topological polar surface area (TPSA) is 68.5 Å². The number of carbonyl (C=O) groups excluding carboxylic acids is 1. The third-order valence-corrected chi connectivity index (χ3v) is 4.89. The van der Waals surface area contributed by atoms with Crippen LogP contribution in [0.25, 0.3) is 11.0 Å². The molecular formula is C21H19NO4. The van der Waals surface area contributed by atoms with Gasteiger partial charge in [-0.25, -0.2) is 0 Å². The van der Waals surface area contributed by atoms with Gasteiger partial charge in [0.1, 0.15) is 11.3 Å². The van der Waals surface area contributed by atoms with E-state index < -0.39 is 6.04 Å². The Balaban J connectivity index is 1.94. The molecule has 1 unspecified atom stereocenters. The van der Waals surface area contributed by atoms with Crippen LogP contribution >= 0.6 is 0 Å². The Morgan fingerprint density at radius 2 is 1.96 bits per heavy atom. The summed E-state index contributed by atoms with van der Waals surface area (Å²) in [6, 6.07) is 10.5. The average molecular weight is 349 g/mol. The van der Waals surface area contributed by atoms with Crippen LogP contribution in [0, 0.1) is 13.8 Å². The summed E-state index contributed by atoms with van der Waals surface area (Å²) in [6.07, 6.45) is 0. The van der Waals surface area contributed by atoms with Gasteiger partial charge in [-0.15, -0.1) is 0 Å². The van der Waals surface area contributed by atoms with E-state index in [0.717, 1.165) is 16.7 Å². The van der Waals surface area contributed by atoms with Gasteiger partial charge in [-0.3, -0.25) is 9.59 Å². The van der Waals surface area contributed by atoms with Crippen LogP contribution < -0.4 is 15.5 Å². The molecule has 2 heterocycles. The zero-order valence-corrected chi connectivity index (χ0v) is 14.9. The molecule has 1 N–H and O–H groups in total. The third kappa shape index (κ3) is 2.39. The van der Waals surface area contributed by atoms with Gasteiger partial charge in [0, 0.05) is 0 Å². The highest BCUT2D eigenvalue weighted by Gasteiger charge is 2.36. The minimum Gasteiger partial charge on any atom is -0.494 e. The molecule has 0 saturated carbocycles. The molecule has 4 rings (SSSR count). The Bertz CT molecular complexity index is 1100. The normalized spacial score (nSPS) is 15.8. The second-order valence-electron chi connectivity index (χ2n) is 6.47. The number of ether oxygens (including phenoxy) is 1. The van der Waals surface area contributed by atoms with Crippen LogP contribution in [0.4, 0.5) is 0 Å². The number of nitrogens with one attached hydrogen (secondary N) is 1. The number of benzene rings is 2. The molecule has 1 aliphatic heterocycles. The molecule has 0 radical (unpaired) electrons. The van der Waals surface area contributed by atoms with Crippen LogP contribution in [-0.4, -0.2) is 12.5 Å². The molecule has 1 aliphatic rings. The minimum atomic E-state index is -0.542. The molecule has 132 valence electrons. The molecule has 0 fully saturated rings. The fourth-order valence-electron chi connectivity index (χ4n) is 3.41. The van der Waals surface area contributed by atoms with E-state index in [4.69, 9.17) is 9.15 Å². The van der Waals surface area contributed by atoms with Crippen molar-refractivity contribution in [3.05, 3.63) is 74.6 Å². The number of hydrogen-bond donors (Lipinski definition) is 1. The number of amides is 1. The van der Waals surface area contributed by atoms with Crippen molar-refractivity contribution in [1.82, 2.24) is 5.32 Å². The predicted octanol–water partition coefficient (Wildman–Crippen LogP) is 3.64. The van der Waals surface area contributed by atoms with Crippen LogP contribution in [0.15, 0.2) is 45.6 Å². The summed E-state index contributed by atoms with van der Waals surface area (Å²) in [5, 5.41) is 3.36. The van der Waals surface area contributed by atoms with Crippen molar-refractivity contribution in [3.8, 4) is 5.75 Å². The summed E-state index contributed by atoms with van der Waals surface area (Å²) < 4.78 is 11.4. The van der Waals surface area contributed by atoms with Gasteiger partial charge in [0.2, 0.25) is 5.76 Å². The average Bonchev–Trinajstić information content (AvgIpc) is 2.96. The lowest BCUT2D eigenvalue weighted by Crippen LogP contribution is -2.22. The summed E-state index contributed by atoms with van der Waals surface area (Å²) >= 11 is 0. The van der Waals surface area contributed by atoms with Crippen LogP contribution in [-0.2, 0) is 0 Å². The van der Waals surface area contributed by atoms with Gasteiger partial charge in [-0.05, 0) is 55.7 Å². The fourth-order valence-corrected chi connectivity index (χ4v) is 3.41. The standard InChI is InChI=1S/C21H19NO4/c1-4-25-14-7-5-6-13(10-14)17-16-18(23)15-9-8-11(2)12(3)19(15)26-20(16)21(24)22-17/h5-10,17H,4H2,1-3H3,(H,22,24). The molecule has 0 bridgehead atoms. The van der Waals surface area contributed by atoms with Crippen LogP contribution in [0.2, 0.25) is 0 Å². The van der Waals surface area contributed by atoms with Crippen LogP contribution in [0.3, 0.4) is 0 Å².